The number of halogens is 1. The largest absolute Gasteiger partial charge is 0.325 e. The second-order valence-electron chi connectivity index (χ2n) is 6.15. The highest BCUT2D eigenvalue weighted by molar-refractivity contribution is 7.92. The monoisotopic (exact) mass is 399 g/mol. The van der Waals surface area contributed by atoms with Crippen molar-refractivity contribution in [1.82, 2.24) is 15.2 Å². The van der Waals surface area contributed by atoms with E-state index < -0.39 is 21.5 Å². The van der Waals surface area contributed by atoms with Crippen molar-refractivity contribution in [2.75, 3.05) is 11.1 Å². The first-order valence-corrected chi connectivity index (χ1v) is 9.92. The highest BCUT2D eigenvalue weighted by Gasteiger charge is 2.30. The molecule has 1 aliphatic carbocycles. The average Bonchev–Trinajstić information content (AvgIpc) is 3.27. The van der Waals surface area contributed by atoms with Gasteiger partial charge in [-0.3, -0.25) is 9.89 Å². The highest BCUT2D eigenvalue weighted by atomic mass is 35.5. The van der Waals surface area contributed by atoms with Crippen LogP contribution in [0.5, 0.6) is 0 Å². The Balaban J connectivity index is 0.00000243. The van der Waals surface area contributed by atoms with Gasteiger partial charge in [0.1, 0.15) is 11.6 Å². The number of hydrogen-bond donors (Lipinski definition) is 3. The number of hydrogen-bond acceptors (Lipinski definition) is 6. The molecule has 10 heteroatoms. The topological polar surface area (TPSA) is 131 Å². The lowest BCUT2D eigenvalue weighted by molar-refractivity contribution is -0.113. The van der Waals surface area contributed by atoms with Crippen LogP contribution in [0.15, 0.2) is 24.3 Å². The normalized spacial score (nSPS) is 14.8. The Bertz CT molecular complexity index is 845. The third-order valence-corrected chi connectivity index (χ3v) is 6.45. The number of benzene rings is 1. The zero-order valence-electron chi connectivity index (χ0n) is 14.1. The van der Waals surface area contributed by atoms with E-state index in [2.05, 4.69) is 20.5 Å². The van der Waals surface area contributed by atoms with Gasteiger partial charge < -0.3 is 11.1 Å². The van der Waals surface area contributed by atoms with Gasteiger partial charge in [-0.05, 0) is 37.1 Å². The number of aromatic amines is 1. The molecule has 4 N–H and O–H groups in total. The van der Waals surface area contributed by atoms with E-state index in [0.29, 0.717) is 30.2 Å². The lowest BCUT2D eigenvalue weighted by Gasteiger charge is -2.11. The van der Waals surface area contributed by atoms with Crippen LogP contribution in [0.1, 0.15) is 31.5 Å². The zero-order chi connectivity index (χ0) is 17.9. The van der Waals surface area contributed by atoms with Crippen LogP contribution in [0.2, 0.25) is 0 Å². The summed E-state index contributed by atoms with van der Waals surface area (Å²) in [6.07, 6.45) is 3.15. The fraction of sp³-hybridized carbons (Fsp3) is 0.438. The van der Waals surface area contributed by atoms with Crippen molar-refractivity contribution < 1.29 is 13.2 Å². The molecule has 0 atom stereocenters. The molecule has 0 radical (unpaired) electrons. The van der Waals surface area contributed by atoms with E-state index in [0.717, 1.165) is 18.4 Å². The van der Waals surface area contributed by atoms with Crippen LogP contribution in [0, 0.1) is 0 Å². The van der Waals surface area contributed by atoms with Crippen LogP contribution in [-0.2, 0) is 21.2 Å². The number of carbonyl (C=O) groups excluding carboxylic acids is 1. The van der Waals surface area contributed by atoms with E-state index in [1.165, 1.54) is 0 Å². The summed E-state index contributed by atoms with van der Waals surface area (Å²) in [7, 11) is -3.38. The summed E-state index contributed by atoms with van der Waals surface area (Å²) in [4.78, 5) is 16.3. The molecule has 0 spiro atoms. The van der Waals surface area contributed by atoms with Crippen molar-refractivity contribution >= 4 is 33.8 Å². The minimum Gasteiger partial charge on any atom is -0.325 e. The first-order valence-electron chi connectivity index (χ1n) is 8.21. The smallest absolute Gasteiger partial charge is 0.239 e. The fourth-order valence-corrected chi connectivity index (χ4v) is 4.69. The van der Waals surface area contributed by atoms with E-state index in [-0.39, 0.29) is 24.2 Å². The number of H-pyrrole nitrogens is 1. The van der Waals surface area contributed by atoms with Crippen LogP contribution in [-0.4, -0.2) is 40.5 Å². The lowest BCUT2D eigenvalue weighted by Crippen LogP contribution is -2.29. The number of amides is 1. The van der Waals surface area contributed by atoms with Gasteiger partial charge in [-0.1, -0.05) is 12.8 Å². The summed E-state index contributed by atoms with van der Waals surface area (Å²) in [6, 6.07) is 6.89. The molecule has 1 heterocycles. The zero-order valence-corrected chi connectivity index (χ0v) is 15.8. The second kappa shape index (κ2) is 8.61. The summed E-state index contributed by atoms with van der Waals surface area (Å²) in [5, 5.41) is 9.05. The van der Waals surface area contributed by atoms with Gasteiger partial charge in [0.05, 0.1) is 11.8 Å². The predicted molar refractivity (Wildman–Crippen MR) is 102 cm³/mol. The summed E-state index contributed by atoms with van der Waals surface area (Å²) in [6.45, 7) is 0.274. The van der Waals surface area contributed by atoms with Gasteiger partial charge in [0.15, 0.2) is 15.7 Å². The van der Waals surface area contributed by atoms with Crippen LogP contribution >= 0.6 is 12.4 Å². The molecule has 142 valence electrons. The highest BCUT2D eigenvalue weighted by Crippen LogP contribution is 2.25. The molecule has 8 nitrogen and oxygen atoms in total. The van der Waals surface area contributed by atoms with Crippen LogP contribution in [0.3, 0.4) is 0 Å². The molecule has 1 aromatic heterocycles. The van der Waals surface area contributed by atoms with E-state index in [1.54, 1.807) is 24.3 Å². The molecule has 1 saturated carbocycles. The summed E-state index contributed by atoms with van der Waals surface area (Å²) < 4.78 is 24.4. The van der Waals surface area contributed by atoms with Crippen molar-refractivity contribution in [3.63, 3.8) is 0 Å². The van der Waals surface area contributed by atoms with E-state index in [4.69, 9.17) is 5.73 Å². The molecule has 0 saturated heterocycles. The summed E-state index contributed by atoms with van der Waals surface area (Å²) in [5.74, 6) is 0.120. The molecule has 1 aliphatic rings. The van der Waals surface area contributed by atoms with Crippen LogP contribution in [0.25, 0.3) is 11.4 Å². The van der Waals surface area contributed by atoms with E-state index in [9.17, 15) is 13.2 Å². The average molecular weight is 400 g/mol. The Morgan fingerprint density at radius 3 is 2.46 bits per heavy atom. The Kier molecular flexibility index (Phi) is 6.74. The molecule has 1 fully saturated rings. The number of nitrogens with zero attached hydrogens (tertiary/aromatic N) is 2. The van der Waals surface area contributed by atoms with Crippen molar-refractivity contribution in [2.24, 2.45) is 5.73 Å². The van der Waals surface area contributed by atoms with Crippen molar-refractivity contribution in [3.8, 4) is 11.4 Å². The van der Waals surface area contributed by atoms with Crippen LogP contribution < -0.4 is 11.1 Å². The number of sulfone groups is 1. The maximum absolute atomic E-state index is 12.2. The quantitative estimate of drug-likeness (QED) is 0.676. The molecule has 1 amide bonds. The number of anilines is 1. The van der Waals surface area contributed by atoms with Crippen molar-refractivity contribution in [1.29, 1.82) is 0 Å². The number of aromatic nitrogens is 3. The standard InChI is InChI=1S/C16H21N5O3S.ClH/c17-9-14-19-16(21-20-14)11-5-7-12(8-6-11)18-15(22)10-25(23,24)13-3-1-2-4-13;/h5-8,13H,1-4,9-10,17H2,(H,18,22)(H,19,20,21);1H. The number of rotatable bonds is 6. The Morgan fingerprint density at radius 1 is 1.23 bits per heavy atom. The molecule has 2 aromatic rings. The van der Waals surface area contributed by atoms with Gasteiger partial charge in [-0.15, -0.1) is 12.4 Å². The third kappa shape index (κ3) is 4.80. The fourth-order valence-electron chi connectivity index (χ4n) is 2.96. The Morgan fingerprint density at radius 2 is 1.88 bits per heavy atom. The Labute approximate surface area is 158 Å². The van der Waals surface area contributed by atoms with Gasteiger partial charge in [0.25, 0.3) is 0 Å². The van der Waals surface area contributed by atoms with Gasteiger partial charge in [-0.2, -0.15) is 5.10 Å². The van der Waals surface area contributed by atoms with Gasteiger partial charge in [0, 0.05) is 11.3 Å². The molecule has 1 aromatic carbocycles. The minimum absolute atomic E-state index is 0. The number of nitrogens with one attached hydrogen (secondary N) is 2. The molecule has 0 bridgehead atoms. The SMILES string of the molecule is Cl.NCc1nc(-c2ccc(NC(=O)CS(=O)(=O)C3CCCC3)cc2)n[nH]1. The van der Waals surface area contributed by atoms with Crippen molar-refractivity contribution in [3.05, 3.63) is 30.1 Å². The molecule has 0 aliphatic heterocycles. The van der Waals surface area contributed by atoms with Gasteiger partial charge >= 0.3 is 0 Å². The minimum atomic E-state index is -3.38. The summed E-state index contributed by atoms with van der Waals surface area (Å²) in [5.41, 5.74) is 6.79. The molecule has 0 unspecified atom stereocenters. The predicted octanol–water partition coefficient (Wildman–Crippen LogP) is 1.65. The maximum Gasteiger partial charge on any atom is 0.239 e. The first kappa shape index (κ1) is 20.3. The number of nitrogens with two attached hydrogens (primary N) is 1. The molecular formula is C16H22ClN5O3S. The molecular weight excluding hydrogens is 378 g/mol. The molecule has 26 heavy (non-hydrogen) atoms. The second-order valence-corrected chi connectivity index (χ2v) is 8.43. The summed E-state index contributed by atoms with van der Waals surface area (Å²) >= 11 is 0. The van der Waals surface area contributed by atoms with Crippen molar-refractivity contribution in [2.45, 2.75) is 37.5 Å². The van der Waals surface area contributed by atoms with Crippen LogP contribution in [0.4, 0.5) is 5.69 Å². The van der Waals surface area contributed by atoms with E-state index in [1.807, 2.05) is 0 Å². The maximum atomic E-state index is 12.2. The lowest BCUT2D eigenvalue weighted by atomic mass is 10.2. The first-order chi connectivity index (χ1) is 12.0. The Hall–Kier alpha value is -1.97. The number of carbonyl (C=O) groups is 1. The van der Waals surface area contributed by atoms with E-state index >= 15 is 0 Å². The van der Waals surface area contributed by atoms with Gasteiger partial charge in [0.2, 0.25) is 5.91 Å². The molecule has 3 rings (SSSR count). The third-order valence-electron chi connectivity index (χ3n) is 4.29. The van der Waals surface area contributed by atoms with Gasteiger partial charge in [-0.25, -0.2) is 13.4 Å².